The minimum atomic E-state index is -1.07. The Morgan fingerprint density at radius 2 is 1.93 bits per heavy atom. The lowest BCUT2D eigenvalue weighted by atomic mass is 9.91. The Bertz CT molecular complexity index is 987. The van der Waals surface area contributed by atoms with Gasteiger partial charge in [0, 0.05) is 44.1 Å². The Labute approximate surface area is 263 Å². The van der Waals surface area contributed by atoms with Crippen LogP contribution in [0.25, 0.3) is 0 Å². The van der Waals surface area contributed by atoms with Gasteiger partial charge < -0.3 is 25.8 Å². The molecule has 10 nitrogen and oxygen atoms in total. The van der Waals surface area contributed by atoms with E-state index in [4.69, 9.17) is 10.5 Å². The lowest BCUT2D eigenvalue weighted by molar-refractivity contribution is -0.143. The van der Waals surface area contributed by atoms with Crippen molar-refractivity contribution in [2.24, 2.45) is 17.6 Å². The number of carbonyl (C=O) groups is 3. The molecular weight excluding hydrogens is 566 g/mol. The summed E-state index contributed by atoms with van der Waals surface area (Å²) in [7, 11) is 0. The molecule has 1 fully saturated rings. The normalized spacial score (nSPS) is 18.7. The lowest BCUT2D eigenvalue weighted by Gasteiger charge is -2.40. The molecule has 0 saturated carbocycles. The highest BCUT2D eigenvalue weighted by atomic mass is 32.1. The largest absolute Gasteiger partial charge is 0.476 e. The second-order valence-corrected chi connectivity index (χ2v) is 13.1. The third-order valence-corrected chi connectivity index (χ3v) is 9.59. The van der Waals surface area contributed by atoms with Gasteiger partial charge in [-0.3, -0.25) is 14.5 Å². The second kappa shape index (κ2) is 19.3. The number of aromatic carboxylic acids is 1. The maximum absolute atomic E-state index is 14.6. The second-order valence-electron chi connectivity index (χ2n) is 12.2. The number of thiazole rings is 1. The molecule has 1 aromatic heterocycles. The molecule has 43 heavy (non-hydrogen) atoms. The molecule has 4 N–H and O–H groups in total. The van der Waals surface area contributed by atoms with Crippen molar-refractivity contribution in [3.8, 4) is 0 Å². The van der Waals surface area contributed by atoms with E-state index in [0.717, 1.165) is 57.9 Å². The number of ether oxygens (including phenoxy) is 1. The summed E-state index contributed by atoms with van der Waals surface area (Å²) in [6.45, 7) is 15.4. The molecule has 5 atom stereocenters. The fraction of sp³-hybridized carbons (Fsp3) is 0.812. The number of amides is 2. The smallest absolute Gasteiger partial charge is 0.355 e. The molecule has 2 amide bonds. The van der Waals surface area contributed by atoms with Gasteiger partial charge in [0.2, 0.25) is 11.8 Å². The number of hydrogen-bond acceptors (Lipinski definition) is 8. The number of nitrogens with zero attached hydrogens (tertiary/aromatic N) is 3. The van der Waals surface area contributed by atoms with Crippen molar-refractivity contribution in [3.05, 3.63) is 16.1 Å². The number of hydrogen-bond donors (Lipinski definition) is 3. The van der Waals surface area contributed by atoms with Gasteiger partial charge in [0.05, 0.1) is 6.04 Å². The van der Waals surface area contributed by atoms with Crippen LogP contribution >= 0.6 is 11.3 Å². The van der Waals surface area contributed by atoms with Gasteiger partial charge in [-0.05, 0) is 44.6 Å². The summed E-state index contributed by atoms with van der Waals surface area (Å²) in [5.74, 6) is -1.16. The van der Waals surface area contributed by atoms with Crippen molar-refractivity contribution >= 4 is 29.1 Å². The highest BCUT2D eigenvalue weighted by Gasteiger charge is 2.38. The first-order chi connectivity index (χ1) is 20.6. The minimum Gasteiger partial charge on any atom is -0.476 e. The van der Waals surface area contributed by atoms with Crippen molar-refractivity contribution < 1.29 is 24.2 Å². The molecule has 0 radical (unpaired) electrons. The summed E-state index contributed by atoms with van der Waals surface area (Å²) >= 11 is 1.28. The van der Waals surface area contributed by atoms with Crippen LogP contribution in [0, 0.1) is 11.8 Å². The van der Waals surface area contributed by atoms with Crippen LogP contribution in [0.3, 0.4) is 0 Å². The summed E-state index contributed by atoms with van der Waals surface area (Å²) in [6, 6.07) is -1.10. The van der Waals surface area contributed by atoms with Crippen LogP contribution in [-0.4, -0.2) is 88.6 Å². The summed E-state index contributed by atoms with van der Waals surface area (Å²) in [5, 5.41) is 14.8. The van der Waals surface area contributed by atoms with Crippen LogP contribution in [0.15, 0.2) is 5.38 Å². The van der Waals surface area contributed by atoms with E-state index >= 15 is 0 Å². The summed E-state index contributed by atoms with van der Waals surface area (Å²) in [5.41, 5.74) is 5.86. The predicted octanol–water partition coefficient (Wildman–Crippen LogP) is 5.09. The van der Waals surface area contributed by atoms with Gasteiger partial charge >= 0.3 is 5.97 Å². The summed E-state index contributed by atoms with van der Waals surface area (Å²) in [4.78, 5) is 48.3. The molecule has 0 spiro atoms. The molecule has 1 aromatic rings. The molecule has 1 saturated heterocycles. The molecular formula is C32H57N5O5S. The third-order valence-electron chi connectivity index (χ3n) is 8.65. The summed E-state index contributed by atoms with van der Waals surface area (Å²) < 4.78 is 6.11. The number of rotatable bonds is 20. The first kappa shape index (κ1) is 37.1. The van der Waals surface area contributed by atoms with E-state index in [2.05, 4.69) is 42.9 Å². The first-order valence-corrected chi connectivity index (χ1v) is 17.3. The Balaban J connectivity index is 2.41. The molecule has 246 valence electrons. The average molecular weight is 624 g/mol. The van der Waals surface area contributed by atoms with Gasteiger partial charge in [0.1, 0.15) is 17.2 Å². The van der Waals surface area contributed by atoms with Crippen molar-refractivity contribution in [1.29, 1.82) is 0 Å². The van der Waals surface area contributed by atoms with Gasteiger partial charge in [-0.1, -0.05) is 66.7 Å². The molecule has 2 rings (SSSR count). The average Bonchev–Trinajstić information content (AvgIpc) is 3.49. The van der Waals surface area contributed by atoms with Gasteiger partial charge in [-0.25, -0.2) is 9.78 Å². The van der Waals surface area contributed by atoms with E-state index in [1.165, 1.54) is 16.7 Å². The number of piperidine rings is 1. The van der Waals surface area contributed by atoms with Crippen LogP contribution in [0.5, 0.6) is 0 Å². The topological polar surface area (TPSA) is 138 Å². The van der Waals surface area contributed by atoms with Crippen molar-refractivity contribution in [2.45, 2.75) is 124 Å². The fourth-order valence-electron chi connectivity index (χ4n) is 5.93. The maximum Gasteiger partial charge on any atom is 0.355 e. The minimum absolute atomic E-state index is 0.00392. The fourth-order valence-corrected chi connectivity index (χ4v) is 6.79. The number of aromatic nitrogens is 1. The van der Waals surface area contributed by atoms with E-state index in [1.807, 2.05) is 18.7 Å². The highest BCUT2D eigenvalue weighted by Crippen LogP contribution is 2.31. The number of nitrogens with one attached hydrogen (secondary N) is 1. The first-order valence-electron chi connectivity index (χ1n) is 16.4. The number of carboxylic acid groups (broad SMARTS) is 1. The Morgan fingerprint density at radius 3 is 2.51 bits per heavy atom. The molecule has 0 bridgehead atoms. The number of likely N-dealkylation sites (tertiary alicyclic amines) is 1. The van der Waals surface area contributed by atoms with E-state index in [1.54, 1.807) is 0 Å². The van der Waals surface area contributed by atoms with Crippen LogP contribution in [0.4, 0.5) is 0 Å². The van der Waals surface area contributed by atoms with Crippen LogP contribution < -0.4 is 11.1 Å². The van der Waals surface area contributed by atoms with Crippen LogP contribution in [-0.2, 0) is 14.3 Å². The van der Waals surface area contributed by atoms with Gasteiger partial charge in [0.15, 0.2) is 5.69 Å². The lowest BCUT2D eigenvalue weighted by Crippen LogP contribution is -2.59. The molecule has 0 unspecified atom stereocenters. The van der Waals surface area contributed by atoms with E-state index in [-0.39, 0.29) is 41.4 Å². The zero-order chi connectivity index (χ0) is 31.9. The van der Waals surface area contributed by atoms with E-state index in [9.17, 15) is 19.5 Å². The molecule has 1 aliphatic heterocycles. The Kier molecular flexibility index (Phi) is 16.7. The maximum atomic E-state index is 14.6. The summed E-state index contributed by atoms with van der Waals surface area (Å²) in [6.07, 6.45) is 7.69. The van der Waals surface area contributed by atoms with Crippen molar-refractivity contribution in [1.82, 2.24) is 20.1 Å². The monoisotopic (exact) mass is 623 g/mol. The Morgan fingerprint density at radius 1 is 1.19 bits per heavy atom. The standard InChI is InChI=1S/C32H57N5O5S/c1-7-10-11-13-18-37(26(22(4)5)20-27(42-9-3)30-34-24(21-43-30)32(40)41)31(39)28(23(6)8-2)35-29(38)25-15-12-14-17-36(25)19-16-33/h21-23,25-28H,7-20,33H2,1-6H3,(H,35,38)(H,40,41)/t23-,25+,26+,27+,28-/m0/s1. The van der Waals surface area contributed by atoms with Gasteiger partial charge in [-0.15, -0.1) is 11.3 Å². The number of unbranched alkanes of at least 4 members (excludes halogenated alkanes) is 3. The Hall–Kier alpha value is -2.08. The van der Waals surface area contributed by atoms with Crippen molar-refractivity contribution in [2.75, 3.05) is 32.8 Å². The number of nitrogens with two attached hydrogens (primary N) is 1. The quantitative estimate of drug-likeness (QED) is 0.171. The molecule has 11 heteroatoms. The number of carboxylic acids is 1. The van der Waals surface area contributed by atoms with Crippen LogP contribution in [0.2, 0.25) is 0 Å². The van der Waals surface area contributed by atoms with Crippen LogP contribution in [0.1, 0.15) is 121 Å². The predicted molar refractivity (Wildman–Crippen MR) is 172 cm³/mol. The molecule has 1 aliphatic rings. The molecule has 2 heterocycles. The SMILES string of the molecule is CCCCCCN(C(=O)[C@@H](NC(=O)[C@H]1CCCCN1CCN)[C@@H](C)CC)[C@H](C[C@@H](OCC)c1nc(C(=O)O)cs1)C(C)C. The third kappa shape index (κ3) is 11.1. The zero-order valence-corrected chi connectivity index (χ0v) is 28.2. The van der Waals surface area contributed by atoms with E-state index in [0.29, 0.717) is 37.7 Å². The molecule has 0 aliphatic carbocycles. The van der Waals surface area contributed by atoms with Gasteiger partial charge in [0.25, 0.3) is 0 Å². The highest BCUT2D eigenvalue weighted by molar-refractivity contribution is 7.09. The molecule has 0 aromatic carbocycles. The number of carbonyl (C=O) groups excluding carboxylic acids is 2. The van der Waals surface area contributed by atoms with Gasteiger partial charge in [-0.2, -0.15) is 0 Å². The van der Waals surface area contributed by atoms with E-state index < -0.39 is 18.1 Å². The zero-order valence-electron chi connectivity index (χ0n) is 27.3. The van der Waals surface area contributed by atoms with Crippen molar-refractivity contribution in [3.63, 3.8) is 0 Å².